The van der Waals surface area contributed by atoms with Gasteiger partial charge in [0.1, 0.15) is 5.69 Å². The van der Waals surface area contributed by atoms with E-state index in [0.717, 1.165) is 0 Å². The predicted molar refractivity (Wildman–Crippen MR) is 32.4 cm³/mol. The Balaban J connectivity index is 3.16. The van der Waals surface area contributed by atoms with Gasteiger partial charge in [-0.05, 0) is 0 Å². The Hall–Kier alpha value is -1.18. The molecule has 0 aliphatic rings. The second-order valence-corrected chi connectivity index (χ2v) is 2.36. The summed E-state index contributed by atoms with van der Waals surface area (Å²) >= 11 is 0. The molecule has 0 unspecified atom stereocenters. The summed E-state index contributed by atoms with van der Waals surface area (Å²) in [5, 5.41) is 8.41. The molecule has 8 heteroatoms. The summed E-state index contributed by atoms with van der Waals surface area (Å²) in [5.74, 6) is -6.81. The zero-order valence-corrected chi connectivity index (χ0v) is 6.48. The molecular formula is C6H4F5NO2. The summed E-state index contributed by atoms with van der Waals surface area (Å²) < 4.78 is 64.4. The third kappa shape index (κ3) is 1.57. The van der Waals surface area contributed by atoms with Crippen molar-refractivity contribution in [3.05, 3.63) is 17.8 Å². The van der Waals surface area contributed by atoms with Crippen molar-refractivity contribution in [1.82, 2.24) is 4.98 Å². The largest absolute Gasteiger partial charge is 0.461 e. The lowest BCUT2D eigenvalue weighted by molar-refractivity contribution is -0.296. The van der Waals surface area contributed by atoms with E-state index in [9.17, 15) is 22.0 Å². The van der Waals surface area contributed by atoms with Gasteiger partial charge < -0.3 is 9.52 Å². The molecule has 0 atom stereocenters. The smallest absolute Gasteiger partial charge is 0.441 e. The van der Waals surface area contributed by atoms with Crippen LogP contribution in [0, 0.1) is 0 Å². The first-order valence-electron chi connectivity index (χ1n) is 3.29. The van der Waals surface area contributed by atoms with Crippen LogP contribution >= 0.6 is 0 Å². The van der Waals surface area contributed by atoms with Gasteiger partial charge in [0.15, 0.2) is 6.39 Å². The second kappa shape index (κ2) is 3.19. The Bertz CT molecular complexity index is 318. The molecule has 0 aromatic carbocycles. The lowest BCUT2D eigenvalue weighted by Gasteiger charge is -2.17. The van der Waals surface area contributed by atoms with Crippen LogP contribution in [0.1, 0.15) is 11.5 Å². The number of aromatic nitrogens is 1. The van der Waals surface area contributed by atoms with Crippen LogP contribution in [0.2, 0.25) is 0 Å². The average molecular weight is 217 g/mol. The molecule has 0 spiro atoms. The quantitative estimate of drug-likeness (QED) is 0.768. The Kier molecular flexibility index (Phi) is 2.49. The molecule has 0 saturated heterocycles. The minimum absolute atomic E-state index is 0.417. The number of hydrogen-bond donors (Lipinski definition) is 1. The van der Waals surface area contributed by atoms with Crippen LogP contribution in [0.4, 0.5) is 22.0 Å². The molecule has 1 aromatic rings. The molecule has 0 bridgehead atoms. The van der Waals surface area contributed by atoms with Gasteiger partial charge in [-0.25, -0.2) is 4.98 Å². The van der Waals surface area contributed by atoms with Crippen molar-refractivity contribution >= 4 is 0 Å². The molecule has 1 N–H and O–H groups in total. The Morgan fingerprint density at radius 1 is 1.29 bits per heavy atom. The zero-order chi connectivity index (χ0) is 11.0. The standard InChI is InChI=1S/C6H4F5NO2/c7-5(8,6(9,10)11)4-3(1-13)12-2-14-4/h2,13H,1H2. The first-order valence-corrected chi connectivity index (χ1v) is 3.29. The number of rotatable bonds is 2. The normalized spacial score (nSPS) is 13.3. The maximum Gasteiger partial charge on any atom is 0.461 e. The van der Waals surface area contributed by atoms with Crippen molar-refractivity contribution in [2.24, 2.45) is 0 Å². The van der Waals surface area contributed by atoms with Gasteiger partial charge in [0.05, 0.1) is 6.61 Å². The van der Waals surface area contributed by atoms with E-state index < -0.39 is 30.2 Å². The van der Waals surface area contributed by atoms with E-state index in [4.69, 9.17) is 5.11 Å². The molecule has 80 valence electrons. The van der Waals surface area contributed by atoms with E-state index in [0.29, 0.717) is 6.39 Å². The summed E-state index contributed by atoms with van der Waals surface area (Å²) in [6.07, 6.45) is -5.35. The van der Waals surface area contributed by atoms with E-state index >= 15 is 0 Å². The van der Waals surface area contributed by atoms with Gasteiger partial charge in [-0.3, -0.25) is 0 Å². The number of aliphatic hydroxyl groups excluding tert-OH is 1. The monoisotopic (exact) mass is 217 g/mol. The van der Waals surface area contributed by atoms with Crippen molar-refractivity contribution in [1.29, 1.82) is 0 Å². The average Bonchev–Trinajstić information content (AvgIpc) is 2.49. The third-order valence-corrected chi connectivity index (χ3v) is 1.43. The molecule has 3 nitrogen and oxygen atoms in total. The van der Waals surface area contributed by atoms with Crippen LogP contribution in [0.5, 0.6) is 0 Å². The Labute approximate surface area is 74.2 Å². The molecule has 14 heavy (non-hydrogen) atoms. The minimum Gasteiger partial charge on any atom is -0.441 e. The highest BCUT2D eigenvalue weighted by Gasteiger charge is 2.62. The molecule has 0 saturated carbocycles. The molecule has 0 fully saturated rings. The van der Waals surface area contributed by atoms with Crippen molar-refractivity contribution < 1.29 is 31.5 Å². The number of nitrogens with zero attached hydrogens (tertiary/aromatic N) is 1. The molecule has 0 aliphatic carbocycles. The van der Waals surface area contributed by atoms with Crippen LogP contribution in [0.3, 0.4) is 0 Å². The predicted octanol–water partition coefficient (Wildman–Crippen LogP) is 1.82. The van der Waals surface area contributed by atoms with Gasteiger partial charge in [0.25, 0.3) is 0 Å². The van der Waals surface area contributed by atoms with Crippen LogP contribution in [0.25, 0.3) is 0 Å². The van der Waals surface area contributed by atoms with Crippen molar-refractivity contribution in [2.45, 2.75) is 18.7 Å². The van der Waals surface area contributed by atoms with Gasteiger partial charge in [-0.2, -0.15) is 22.0 Å². The molecule has 0 amide bonds. The van der Waals surface area contributed by atoms with Crippen LogP contribution in [0.15, 0.2) is 10.8 Å². The maximum atomic E-state index is 12.6. The van der Waals surface area contributed by atoms with Crippen LogP contribution in [-0.4, -0.2) is 16.3 Å². The molecule has 0 radical (unpaired) electrons. The van der Waals surface area contributed by atoms with E-state index in [1.54, 1.807) is 0 Å². The van der Waals surface area contributed by atoms with Crippen LogP contribution in [-0.2, 0) is 12.5 Å². The van der Waals surface area contributed by atoms with E-state index in [2.05, 4.69) is 9.40 Å². The fraction of sp³-hybridized carbons (Fsp3) is 0.500. The Morgan fingerprint density at radius 3 is 2.29 bits per heavy atom. The topological polar surface area (TPSA) is 46.3 Å². The molecule has 1 heterocycles. The highest BCUT2D eigenvalue weighted by Crippen LogP contribution is 2.44. The second-order valence-electron chi connectivity index (χ2n) is 2.36. The fourth-order valence-electron chi connectivity index (χ4n) is 0.766. The van der Waals surface area contributed by atoms with E-state index in [1.165, 1.54) is 0 Å². The summed E-state index contributed by atoms with van der Waals surface area (Å²) in [5.41, 5.74) is -0.827. The molecule has 1 rings (SSSR count). The van der Waals surface area contributed by atoms with Gasteiger partial charge in [-0.15, -0.1) is 0 Å². The van der Waals surface area contributed by atoms with Crippen molar-refractivity contribution in [2.75, 3.05) is 0 Å². The lowest BCUT2D eigenvalue weighted by Crippen LogP contribution is -2.34. The van der Waals surface area contributed by atoms with Crippen LogP contribution < -0.4 is 0 Å². The summed E-state index contributed by atoms with van der Waals surface area (Å²) in [7, 11) is 0. The first kappa shape index (κ1) is 10.9. The first-order chi connectivity index (χ1) is 6.30. The van der Waals surface area contributed by atoms with E-state index in [-0.39, 0.29) is 0 Å². The van der Waals surface area contributed by atoms with Gasteiger partial charge >= 0.3 is 12.1 Å². The van der Waals surface area contributed by atoms with Gasteiger partial charge in [0, 0.05) is 0 Å². The fourth-order valence-corrected chi connectivity index (χ4v) is 0.766. The number of alkyl halides is 5. The molecule has 0 aliphatic heterocycles. The third-order valence-electron chi connectivity index (χ3n) is 1.43. The highest BCUT2D eigenvalue weighted by molar-refractivity contribution is 5.14. The summed E-state index contributed by atoms with van der Waals surface area (Å²) in [6.45, 7) is -1.04. The van der Waals surface area contributed by atoms with Crippen molar-refractivity contribution in [3.63, 3.8) is 0 Å². The summed E-state index contributed by atoms with van der Waals surface area (Å²) in [4.78, 5) is 3.02. The zero-order valence-electron chi connectivity index (χ0n) is 6.48. The van der Waals surface area contributed by atoms with E-state index in [1.807, 2.05) is 0 Å². The van der Waals surface area contributed by atoms with Gasteiger partial charge in [0.2, 0.25) is 5.76 Å². The number of halogens is 5. The van der Waals surface area contributed by atoms with Gasteiger partial charge in [-0.1, -0.05) is 0 Å². The van der Waals surface area contributed by atoms with Crippen molar-refractivity contribution in [3.8, 4) is 0 Å². The summed E-state index contributed by atoms with van der Waals surface area (Å²) in [6, 6.07) is 0. The number of oxazole rings is 1. The molecular weight excluding hydrogens is 213 g/mol. The molecule has 1 aromatic heterocycles. The lowest BCUT2D eigenvalue weighted by atomic mass is 10.2. The maximum absolute atomic E-state index is 12.6. The SMILES string of the molecule is OCc1ncoc1C(F)(F)C(F)(F)F. The number of hydrogen-bond acceptors (Lipinski definition) is 3. The Morgan fingerprint density at radius 2 is 1.86 bits per heavy atom. The minimum atomic E-state index is -5.77. The highest BCUT2D eigenvalue weighted by atomic mass is 19.4. The number of aliphatic hydroxyl groups is 1.